The average molecular weight is 274 g/mol. The van der Waals surface area contributed by atoms with Gasteiger partial charge in [0.2, 0.25) is 0 Å². The van der Waals surface area contributed by atoms with Crippen LogP contribution in [0.2, 0.25) is 0 Å². The Morgan fingerprint density at radius 1 is 1.53 bits per heavy atom. The quantitative estimate of drug-likeness (QED) is 0.876. The molecule has 0 atom stereocenters. The predicted molar refractivity (Wildman–Crippen MR) is 61.5 cm³/mol. The summed E-state index contributed by atoms with van der Waals surface area (Å²) < 4.78 is 2.98. The van der Waals surface area contributed by atoms with Crippen molar-refractivity contribution in [3.8, 4) is 0 Å². The molecule has 0 radical (unpaired) electrons. The number of aromatic nitrogens is 2. The maximum absolute atomic E-state index is 9.63. The van der Waals surface area contributed by atoms with Crippen LogP contribution in [-0.2, 0) is 13.6 Å². The summed E-state index contributed by atoms with van der Waals surface area (Å²) in [5.74, 6) is 0. The molecule has 84 valence electrons. The Kier molecular flexibility index (Phi) is 2.65. The number of hydrogen-bond acceptors (Lipinski definition) is 3. The largest absolute Gasteiger partial charge is 0.388 e. The summed E-state index contributed by atoms with van der Waals surface area (Å²) in [4.78, 5) is 2.21. The standard InChI is InChI=1S/C10H16BrN3O/c1-7-9(11)8(13(3)12-7)4-14-5-10(2,15)6-14/h15H,4-6H2,1-3H3. The Morgan fingerprint density at radius 2 is 2.13 bits per heavy atom. The highest BCUT2D eigenvalue weighted by molar-refractivity contribution is 9.10. The number of hydrogen-bond donors (Lipinski definition) is 1. The van der Waals surface area contributed by atoms with Gasteiger partial charge in [0, 0.05) is 26.7 Å². The molecule has 0 spiro atoms. The Bertz CT molecular complexity index is 378. The fourth-order valence-corrected chi connectivity index (χ4v) is 2.55. The van der Waals surface area contributed by atoms with E-state index in [-0.39, 0.29) is 0 Å². The van der Waals surface area contributed by atoms with Crippen LogP contribution in [0.25, 0.3) is 0 Å². The van der Waals surface area contributed by atoms with Gasteiger partial charge in [-0.3, -0.25) is 9.58 Å². The van der Waals surface area contributed by atoms with Crippen molar-refractivity contribution in [1.29, 1.82) is 0 Å². The Hall–Kier alpha value is -0.390. The van der Waals surface area contributed by atoms with Gasteiger partial charge >= 0.3 is 0 Å². The van der Waals surface area contributed by atoms with Crippen molar-refractivity contribution in [3.05, 3.63) is 15.9 Å². The van der Waals surface area contributed by atoms with Gasteiger partial charge in [0.15, 0.2) is 0 Å². The summed E-state index contributed by atoms with van der Waals surface area (Å²) in [6.45, 7) is 6.17. The molecule has 1 aromatic heterocycles. The third-order valence-electron chi connectivity index (χ3n) is 2.76. The zero-order valence-electron chi connectivity index (χ0n) is 9.29. The second-order valence-corrected chi connectivity index (χ2v) is 5.40. The van der Waals surface area contributed by atoms with Crippen molar-refractivity contribution < 1.29 is 5.11 Å². The van der Waals surface area contributed by atoms with Gasteiger partial charge in [-0.2, -0.15) is 5.10 Å². The second-order valence-electron chi connectivity index (χ2n) is 4.61. The van der Waals surface area contributed by atoms with Crippen LogP contribution < -0.4 is 0 Å². The van der Waals surface area contributed by atoms with E-state index in [1.807, 2.05) is 25.6 Å². The minimum atomic E-state index is -0.500. The zero-order chi connectivity index (χ0) is 11.2. The molecule has 5 heteroatoms. The van der Waals surface area contributed by atoms with E-state index < -0.39 is 5.60 Å². The van der Waals surface area contributed by atoms with Gasteiger partial charge in [0.05, 0.1) is 21.5 Å². The van der Waals surface area contributed by atoms with Crippen molar-refractivity contribution in [2.24, 2.45) is 7.05 Å². The van der Waals surface area contributed by atoms with Gasteiger partial charge in [-0.05, 0) is 29.8 Å². The molecule has 0 saturated carbocycles. The number of halogens is 1. The van der Waals surface area contributed by atoms with Crippen molar-refractivity contribution >= 4 is 15.9 Å². The van der Waals surface area contributed by atoms with Crippen LogP contribution >= 0.6 is 15.9 Å². The molecule has 1 aliphatic heterocycles. The minimum Gasteiger partial charge on any atom is -0.388 e. The van der Waals surface area contributed by atoms with E-state index in [1.165, 1.54) is 5.69 Å². The first-order valence-electron chi connectivity index (χ1n) is 5.02. The Labute approximate surface area is 98.0 Å². The molecule has 2 rings (SSSR count). The molecule has 0 amide bonds. The fraction of sp³-hybridized carbons (Fsp3) is 0.700. The highest BCUT2D eigenvalue weighted by Gasteiger charge is 2.36. The van der Waals surface area contributed by atoms with Crippen LogP contribution in [-0.4, -0.2) is 38.5 Å². The van der Waals surface area contributed by atoms with E-state index in [0.29, 0.717) is 0 Å². The second kappa shape index (κ2) is 3.57. The lowest BCUT2D eigenvalue weighted by molar-refractivity contribution is -0.0879. The highest BCUT2D eigenvalue weighted by Crippen LogP contribution is 2.26. The lowest BCUT2D eigenvalue weighted by Gasteiger charge is -2.44. The molecule has 15 heavy (non-hydrogen) atoms. The third-order valence-corrected chi connectivity index (χ3v) is 3.79. The molecule has 0 aliphatic carbocycles. The van der Waals surface area contributed by atoms with Crippen LogP contribution in [0.3, 0.4) is 0 Å². The number of aliphatic hydroxyl groups is 1. The smallest absolute Gasteiger partial charge is 0.0872 e. The molecule has 4 nitrogen and oxygen atoms in total. The Balaban J connectivity index is 2.06. The topological polar surface area (TPSA) is 41.3 Å². The summed E-state index contributed by atoms with van der Waals surface area (Å²) in [5, 5.41) is 14.0. The lowest BCUT2D eigenvalue weighted by Crippen LogP contribution is -2.59. The summed E-state index contributed by atoms with van der Waals surface area (Å²) in [6.07, 6.45) is 0. The van der Waals surface area contributed by atoms with E-state index in [0.717, 1.165) is 29.8 Å². The van der Waals surface area contributed by atoms with Crippen molar-refractivity contribution in [2.75, 3.05) is 13.1 Å². The van der Waals surface area contributed by atoms with Gasteiger partial charge in [-0.1, -0.05) is 0 Å². The number of rotatable bonds is 2. The molecule has 1 aromatic rings. The molecule has 1 aliphatic rings. The van der Waals surface area contributed by atoms with Crippen molar-refractivity contribution in [1.82, 2.24) is 14.7 Å². The highest BCUT2D eigenvalue weighted by atomic mass is 79.9. The van der Waals surface area contributed by atoms with Crippen LogP contribution in [0, 0.1) is 6.92 Å². The summed E-state index contributed by atoms with van der Waals surface area (Å²) >= 11 is 3.54. The van der Waals surface area contributed by atoms with Crippen LogP contribution in [0.4, 0.5) is 0 Å². The molecule has 0 bridgehead atoms. The normalized spacial score (nSPS) is 20.3. The van der Waals surface area contributed by atoms with Gasteiger partial charge in [0.1, 0.15) is 0 Å². The maximum atomic E-state index is 9.63. The first kappa shape index (κ1) is 11.1. The lowest BCUT2D eigenvalue weighted by atomic mass is 9.97. The van der Waals surface area contributed by atoms with E-state index in [1.54, 1.807) is 0 Å². The SMILES string of the molecule is Cc1nn(C)c(CN2CC(C)(O)C2)c1Br. The first-order chi connectivity index (χ1) is 6.89. The fourth-order valence-electron chi connectivity index (χ4n) is 2.09. The third kappa shape index (κ3) is 2.09. The van der Waals surface area contributed by atoms with Crippen LogP contribution in [0.1, 0.15) is 18.3 Å². The molecular formula is C10H16BrN3O. The molecule has 1 saturated heterocycles. The number of likely N-dealkylation sites (tertiary alicyclic amines) is 1. The van der Waals surface area contributed by atoms with Gasteiger partial charge in [-0.25, -0.2) is 0 Å². The summed E-state index contributed by atoms with van der Waals surface area (Å²) in [5.41, 5.74) is 1.68. The minimum absolute atomic E-state index is 0.500. The van der Waals surface area contributed by atoms with Gasteiger partial charge < -0.3 is 5.11 Å². The number of aryl methyl sites for hydroxylation is 2. The molecular weight excluding hydrogens is 258 g/mol. The molecule has 2 heterocycles. The average Bonchev–Trinajstić information content (AvgIpc) is 2.29. The van der Waals surface area contributed by atoms with Crippen LogP contribution in [0.15, 0.2) is 4.47 Å². The maximum Gasteiger partial charge on any atom is 0.0872 e. The Morgan fingerprint density at radius 3 is 2.53 bits per heavy atom. The van der Waals surface area contributed by atoms with Gasteiger partial charge in [0.25, 0.3) is 0 Å². The predicted octanol–water partition coefficient (Wildman–Crippen LogP) is 1.06. The number of β-amino-alcohol motifs (C(OH)–C–C–N with tert-alkyl or cyclic N) is 1. The summed E-state index contributed by atoms with van der Waals surface area (Å²) in [6, 6.07) is 0. The molecule has 0 unspecified atom stereocenters. The monoisotopic (exact) mass is 273 g/mol. The molecule has 1 fully saturated rings. The molecule has 0 aromatic carbocycles. The van der Waals surface area contributed by atoms with Crippen molar-refractivity contribution in [2.45, 2.75) is 26.0 Å². The zero-order valence-corrected chi connectivity index (χ0v) is 10.9. The van der Waals surface area contributed by atoms with E-state index >= 15 is 0 Å². The first-order valence-corrected chi connectivity index (χ1v) is 5.81. The van der Waals surface area contributed by atoms with E-state index in [4.69, 9.17) is 0 Å². The molecule has 1 N–H and O–H groups in total. The van der Waals surface area contributed by atoms with E-state index in [2.05, 4.69) is 25.9 Å². The summed E-state index contributed by atoms with van der Waals surface area (Å²) in [7, 11) is 1.95. The number of nitrogens with zero attached hydrogens (tertiary/aromatic N) is 3. The van der Waals surface area contributed by atoms with Crippen LogP contribution in [0.5, 0.6) is 0 Å². The van der Waals surface area contributed by atoms with E-state index in [9.17, 15) is 5.11 Å². The van der Waals surface area contributed by atoms with Crippen molar-refractivity contribution in [3.63, 3.8) is 0 Å². The van der Waals surface area contributed by atoms with Gasteiger partial charge in [-0.15, -0.1) is 0 Å².